The van der Waals surface area contributed by atoms with E-state index >= 15 is 0 Å². The summed E-state index contributed by atoms with van der Waals surface area (Å²) in [5.41, 5.74) is 0.930. The second kappa shape index (κ2) is 8.83. The number of benzene rings is 2. The van der Waals surface area contributed by atoms with E-state index in [9.17, 15) is 17.6 Å². The third-order valence-corrected chi connectivity index (χ3v) is 5.65. The number of carbonyl (C=O) groups is 1. The first-order chi connectivity index (χ1) is 13.9. The van der Waals surface area contributed by atoms with Gasteiger partial charge in [-0.2, -0.15) is 0 Å². The van der Waals surface area contributed by atoms with Crippen molar-refractivity contribution in [1.82, 2.24) is 9.88 Å². The molecule has 0 saturated heterocycles. The second-order valence-electron chi connectivity index (χ2n) is 6.41. The molecule has 1 heterocycles. The van der Waals surface area contributed by atoms with E-state index in [4.69, 9.17) is 0 Å². The summed E-state index contributed by atoms with van der Waals surface area (Å²) in [5, 5.41) is 0. The summed E-state index contributed by atoms with van der Waals surface area (Å²) in [6.07, 6.45) is 2.27. The van der Waals surface area contributed by atoms with Gasteiger partial charge in [-0.15, -0.1) is 0 Å². The van der Waals surface area contributed by atoms with Gasteiger partial charge in [0.2, 0.25) is 0 Å². The maximum atomic E-state index is 13.8. The fourth-order valence-electron chi connectivity index (χ4n) is 2.69. The van der Waals surface area contributed by atoms with Gasteiger partial charge in [-0.25, -0.2) is 12.8 Å². The van der Waals surface area contributed by atoms with Crippen molar-refractivity contribution in [3.8, 4) is 0 Å². The minimum Gasteiger partial charge on any atom is -0.341 e. The Balaban J connectivity index is 1.74. The average Bonchev–Trinajstić information content (AvgIpc) is 2.74. The van der Waals surface area contributed by atoms with Crippen LogP contribution < -0.4 is 4.72 Å². The Kier molecular flexibility index (Phi) is 6.23. The van der Waals surface area contributed by atoms with Crippen LogP contribution in [0.25, 0.3) is 0 Å². The third-order valence-electron chi connectivity index (χ3n) is 4.29. The van der Waals surface area contributed by atoms with E-state index in [1.54, 1.807) is 19.3 Å². The molecule has 2 aromatic carbocycles. The summed E-state index contributed by atoms with van der Waals surface area (Å²) in [6, 6.07) is 16.7. The van der Waals surface area contributed by atoms with E-state index in [1.807, 2.05) is 18.2 Å². The van der Waals surface area contributed by atoms with Gasteiger partial charge in [0, 0.05) is 37.5 Å². The first kappa shape index (κ1) is 20.5. The first-order valence-corrected chi connectivity index (χ1v) is 10.4. The summed E-state index contributed by atoms with van der Waals surface area (Å²) < 4.78 is 41.2. The van der Waals surface area contributed by atoms with E-state index in [0.717, 1.165) is 11.8 Å². The normalized spacial score (nSPS) is 11.1. The summed E-state index contributed by atoms with van der Waals surface area (Å²) in [7, 11) is -2.40. The van der Waals surface area contributed by atoms with Crippen LogP contribution in [0.3, 0.4) is 0 Å². The number of halogens is 1. The molecule has 0 fully saturated rings. The van der Waals surface area contributed by atoms with Gasteiger partial charge in [-0.1, -0.05) is 24.3 Å². The van der Waals surface area contributed by atoms with Crippen LogP contribution in [0.15, 0.2) is 77.8 Å². The Hall–Kier alpha value is -3.26. The largest absolute Gasteiger partial charge is 0.341 e. The minimum absolute atomic E-state index is 0.121. The molecule has 1 N–H and O–H groups in total. The first-order valence-electron chi connectivity index (χ1n) is 8.89. The van der Waals surface area contributed by atoms with Crippen molar-refractivity contribution in [1.29, 1.82) is 0 Å². The highest BCUT2D eigenvalue weighted by Crippen LogP contribution is 2.20. The van der Waals surface area contributed by atoms with Gasteiger partial charge in [-0.05, 0) is 42.5 Å². The topological polar surface area (TPSA) is 79.4 Å². The molecule has 6 nitrogen and oxygen atoms in total. The molecular formula is C21H20FN3O3S. The van der Waals surface area contributed by atoms with E-state index in [0.29, 0.717) is 13.0 Å². The number of para-hydroxylation sites is 1. The van der Waals surface area contributed by atoms with E-state index < -0.39 is 15.8 Å². The van der Waals surface area contributed by atoms with Crippen LogP contribution in [0.1, 0.15) is 16.1 Å². The molecule has 0 radical (unpaired) electrons. The second-order valence-corrected chi connectivity index (χ2v) is 8.09. The van der Waals surface area contributed by atoms with Crippen LogP contribution in [0.5, 0.6) is 0 Å². The standard InChI is InChI=1S/C21H20FN3O3S/c1-25(14-12-17-8-4-5-13-23-17)21(26)16-7-6-9-18(15-16)29(27,28)24-20-11-3-2-10-19(20)22/h2-11,13,15,24H,12,14H2,1H3. The van der Waals surface area contributed by atoms with Crippen LogP contribution in [-0.4, -0.2) is 37.8 Å². The van der Waals surface area contributed by atoms with Gasteiger partial charge in [-0.3, -0.25) is 14.5 Å². The Bertz CT molecular complexity index is 1100. The average molecular weight is 413 g/mol. The lowest BCUT2D eigenvalue weighted by Gasteiger charge is -2.17. The van der Waals surface area contributed by atoms with Crippen molar-refractivity contribution in [3.05, 3.63) is 90.0 Å². The van der Waals surface area contributed by atoms with Crippen molar-refractivity contribution in [2.75, 3.05) is 18.3 Å². The van der Waals surface area contributed by atoms with Gasteiger partial charge in [0.15, 0.2) is 0 Å². The molecular weight excluding hydrogens is 393 g/mol. The fourth-order valence-corrected chi connectivity index (χ4v) is 3.81. The van der Waals surface area contributed by atoms with Gasteiger partial charge < -0.3 is 4.90 Å². The number of carbonyl (C=O) groups excluding carboxylic acids is 1. The monoisotopic (exact) mass is 413 g/mol. The van der Waals surface area contributed by atoms with Gasteiger partial charge >= 0.3 is 0 Å². The zero-order chi connectivity index (χ0) is 20.9. The van der Waals surface area contributed by atoms with Crippen molar-refractivity contribution in [2.45, 2.75) is 11.3 Å². The molecule has 8 heteroatoms. The van der Waals surface area contributed by atoms with Crippen molar-refractivity contribution < 1.29 is 17.6 Å². The van der Waals surface area contributed by atoms with Gasteiger partial charge in [0.05, 0.1) is 10.6 Å². The molecule has 0 unspecified atom stereocenters. The Morgan fingerprint density at radius 1 is 1.07 bits per heavy atom. The number of rotatable bonds is 7. The molecule has 150 valence electrons. The zero-order valence-corrected chi connectivity index (χ0v) is 16.6. The van der Waals surface area contributed by atoms with E-state index in [1.165, 1.54) is 41.3 Å². The predicted octanol–water partition coefficient (Wildman–Crippen LogP) is 3.34. The highest BCUT2D eigenvalue weighted by atomic mass is 32.2. The van der Waals surface area contributed by atoms with Crippen molar-refractivity contribution >= 4 is 21.6 Å². The Morgan fingerprint density at radius 2 is 1.83 bits per heavy atom. The van der Waals surface area contributed by atoms with E-state index in [-0.39, 0.29) is 22.1 Å². The maximum Gasteiger partial charge on any atom is 0.262 e. The highest BCUT2D eigenvalue weighted by Gasteiger charge is 2.19. The number of hydrogen-bond acceptors (Lipinski definition) is 4. The minimum atomic E-state index is -4.04. The Labute approximate surface area is 169 Å². The number of hydrogen-bond donors (Lipinski definition) is 1. The lowest BCUT2D eigenvalue weighted by Crippen LogP contribution is -2.29. The highest BCUT2D eigenvalue weighted by molar-refractivity contribution is 7.92. The summed E-state index contributed by atoms with van der Waals surface area (Å²) >= 11 is 0. The summed E-state index contributed by atoms with van der Waals surface area (Å²) in [4.78, 5) is 18.3. The molecule has 0 aliphatic carbocycles. The quantitative estimate of drug-likeness (QED) is 0.644. The lowest BCUT2D eigenvalue weighted by molar-refractivity contribution is 0.0796. The molecule has 0 aliphatic heterocycles. The maximum absolute atomic E-state index is 13.8. The smallest absolute Gasteiger partial charge is 0.262 e. The number of sulfonamides is 1. The summed E-state index contributed by atoms with van der Waals surface area (Å²) in [5.74, 6) is -0.999. The molecule has 0 atom stereocenters. The number of aromatic nitrogens is 1. The zero-order valence-electron chi connectivity index (χ0n) is 15.7. The molecule has 3 rings (SSSR count). The van der Waals surface area contributed by atoms with E-state index in [2.05, 4.69) is 9.71 Å². The molecule has 29 heavy (non-hydrogen) atoms. The number of amides is 1. The predicted molar refractivity (Wildman–Crippen MR) is 109 cm³/mol. The van der Waals surface area contributed by atoms with Gasteiger partial charge in [0.1, 0.15) is 5.82 Å². The third kappa shape index (κ3) is 5.17. The van der Waals surface area contributed by atoms with Crippen LogP contribution in [0, 0.1) is 5.82 Å². The number of anilines is 1. The summed E-state index contributed by atoms with van der Waals surface area (Å²) in [6.45, 7) is 0.431. The molecule has 3 aromatic rings. The number of likely N-dealkylation sites (N-methyl/N-ethyl adjacent to an activating group) is 1. The van der Waals surface area contributed by atoms with Crippen LogP contribution in [-0.2, 0) is 16.4 Å². The Morgan fingerprint density at radius 3 is 2.55 bits per heavy atom. The van der Waals surface area contributed by atoms with Crippen molar-refractivity contribution in [3.63, 3.8) is 0 Å². The molecule has 0 bridgehead atoms. The number of nitrogens with one attached hydrogen (secondary N) is 1. The van der Waals surface area contributed by atoms with Crippen LogP contribution in [0.4, 0.5) is 10.1 Å². The molecule has 0 aliphatic rings. The SMILES string of the molecule is CN(CCc1ccccn1)C(=O)c1cccc(S(=O)(=O)Nc2ccccc2F)c1. The van der Waals surface area contributed by atoms with Crippen molar-refractivity contribution in [2.24, 2.45) is 0 Å². The molecule has 1 aromatic heterocycles. The lowest BCUT2D eigenvalue weighted by atomic mass is 10.2. The number of nitrogens with zero attached hydrogens (tertiary/aromatic N) is 2. The fraction of sp³-hybridized carbons (Fsp3) is 0.143. The van der Waals surface area contributed by atoms with Gasteiger partial charge in [0.25, 0.3) is 15.9 Å². The molecule has 0 saturated carbocycles. The molecule has 1 amide bonds. The number of pyridine rings is 1. The van der Waals surface area contributed by atoms with Crippen LogP contribution >= 0.6 is 0 Å². The van der Waals surface area contributed by atoms with Crippen LogP contribution in [0.2, 0.25) is 0 Å². The molecule has 0 spiro atoms.